The number of aryl methyl sites for hydroxylation is 1. The first-order chi connectivity index (χ1) is 10.2. The van der Waals surface area contributed by atoms with Crippen LogP contribution in [0.25, 0.3) is 0 Å². The molecule has 3 atom stereocenters. The van der Waals surface area contributed by atoms with E-state index in [4.69, 9.17) is 4.74 Å². The summed E-state index contributed by atoms with van der Waals surface area (Å²) in [7, 11) is 1.84. The van der Waals surface area contributed by atoms with Gasteiger partial charge in [0.25, 0.3) is 5.91 Å². The molecule has 1 aromatic rings. The fourth-order valence-electron chi connectivity index (χ4n) is 3.36. The maximum absolute atomic E-state index is 12.2. The largest absolute Gasteiger partial charge is 0.389 e. The molecule has 1 aromatic heterocycles. The van der Waals surface area contributed by atoms with Crippen LogP contribution in [0, 0.1) is 0 Å². The third-order valence-corrected chi connectivity index (χ3v) is 4.59. The number of ether oxygens (including phenoxy) is 1. The SMILES string of the molecule is Cn1cccc1C(=O)N[C@@H]1CC[C@@H](N2CCOCC2)[C@@H]1O. The van der Waals surface area contributed by atoms with Gasteiger partial charge in [0.2, 0.25) is 0 Å². The van der Waals surface area contributed by atoms with Gasteiger partial charge in [0, 0.05) is 32.4 Å². The molecule has 1 aliphatic heterocycles. The van der Waals surface area contributed by atoms with Gasteiger partial charge in [-0.3, -0.25) is 9.69 Å². The third kappa shape index (κ3) is 2.97. The van der Waals surface area contributed by atoms with Gasteiger partial charge in [-0.1, -0.05) is 0 Å². The van der Waals surface area contributed by atoms with Crippen LogP contribution in [0.1, 0.15) is 23.3 Å². The maximum atomic E-state index is 12.2. The van der Waals surface area contributed by atoms with Crippen molar-refractivity contribution in [3.8, 4) is 0 Å². The van der Waals surface area contributed by atoms with Gasteiger partial charge in [0.05, 0.1) is 25.4 Å². The van der Waals surface area contributed by atoms with E-state index >= 15 is 0 Å². The Bertz CT molecular complexity index is 496. The lowest BCUT2D eigenvalue weighted by atomic mass is 10.1. The normalized spacial score (nSPS) is 30.5. The molecular weight excluding hydrogens is 270 g/mol. The first kappa shape index (κ1) is 14.6. The second-order valence-electron chi connectivity index (χ2n) is 5.87. The van der Waals surface area contributed by atoms with Crippen LogP contribution in [0.2, 0.25) is 0 Å². The van der Waals surface area contributed by atoms with E-state index in [-0.39, 0.29) is 18.0 Å². The molecule has 2 fully saturated rings. The van der Waals surface area contributed by atoms with Crippen LogP contribution in [-0.2, 0) is 11.8 Å². The number of rotatable bonds is 3. The summed E-state index contributed by atoms with van der Waals surface area (Å²) < 4.78 is 7.14. The lowest BCUT2D eigenvalue weighted by molar-refractivity contribution is -0.0154. The molecule has 2 aliphatic rings. The molecule has 2 heterocycles. The number of aliphatic hydroxyl groups excluding tert-OH is 1. The summed E-state index contributed by atoms with van der Waals surface area (Å²) in [5.41, 5.74) is 0.622. The van der Waals surface area contributed by atoms with Crippen LogP contribution < -0.4 is 5.32 Å². The average molecular weight is 293 g/mol. The van der Waals surface area contributed by atoms with E-state index in [1.54, 1.807) is 10.6 Å². The topological polar surface area (TPSA) is 66.7 Å². The zero-order valence-corrected chi connectivity index (χ0v) is 12.4. The molecule has 0 radical (unpaired) electrons. The first-order valence-electron chi connectivity index (χ1n) is 7.59. The summed E-state index contributed by atoms with van der Waals surface area (Å²) in [6.45, 7) is 3.17. The third-order valence-electron chi connectivity index (χ3n) is 4.59. The minimum Gasteiger partial charge on any atom is -0.389 e. The molecule has 1 saturated carbocycles. The highest BCUT2D eigenvalue weighted by Gasteiger charge is 2.39. The van der Waals surface area contributed by atoms with Crippen molar-refractivity contribution in [1.29, 1.82) is 0 Å². The molecule has 21 heavy (non-hydrogen) atoms. The molecule has 3 rings (SSSR count). The maximum Gasteiger partial charge on any atom is 0.268 e. The minimum absolute atomic E-state index is 0.117. The van der Waals surface area contributed by atoms with Crippen LogP contribution >= 0.6 is 0 Å². The number of amides is 1. The van der Waals surface area contributed by atoms with E-state index in [0.29, 0.717) is 5.69 Å². The van der Waals surface area contributed by atoms with Gasteiger partial charge in [-0.15, -0.1) is 0 Å². The van der Waals surface area contributed by atoms with Gasteiger partial charge in [-0.2, -0.15) is 0 Å². The Balaban J connectivity index is 1.60. The predicted octanol–water partition coefficient (Wildman–Crippen LogP) is -0.0210. The van der Waals surface area contributed by atoms with Gasteiger partial charge in [0.15, 0.2) is 0 Å². The lowest BCUT2D eigenvalue weighted by Crippen LogP contribution is -2.51. The zero-order chi connectivity index (χ0) is 14.8. The first-order valence-corrected chi connectivity index (χ1v) is 7.59. The van der Waals surface area contributed by atoms with Crippen molar-refractivity contribution in [3.63, 3.8) is 0 Å². The molecule has 1 saturated heterocycles. The molecule has 116 valence electrons. The number of morpholine rings is 1. The summed E-state index contributed by atoms with van der Waals surface area (Å²) in [5, 5.41) is 13.5. The highest BCUT2D eigenvalue weighted by atomic mass is 16.5. The van der Waals surface area contributed by atoms with Crippen molar-refractivity contribution in [3.05, 3.63) is 24.0 Å². The summed E-state index contributed by atoms with van der Waals surface area (Å²) in [6, 6.07) is 3.60. The molecule has 0 aromatic carbocycles. The standard InChI is InChI=1S/C15H23N3O3/c1-17-6-2-3-13(17)15(20)16-11-4-5-12(14(11)19)18-7-9-21-10-8-18/h2-3,6,11-12,14,19H,4-5,7-10H2,1H3,(H,16,20)/t11-,12-,14-/m1/s1. The van der Waals surface area contributed by atoms with Gasteiger partial charge in [-0.25, -0.2) is 0 Å². The van der Waals surface area contributed by atoms with Gasteiger partial charge in [0.1, 0.15) is 5.69 Å². The van der Waals surface area contributed by atoms with Crippen LogP contribution in [0.5, 0.6) is 0 Å². The minimum atomic E-state index is -0.507. The second-order valence-corrected chi connectivity index (χ2v) is 5.87. The monoisotopic (exact) mass is 293 g/mol. The number of hydrogen-bond acceptors (Lipinski definition) is 4. The Morgan fingerprint density at radius 1 is 1.38 bits per heavy atom. The number of aromatic nitrogens is 1. The van der Waals surface area contributed by atoms with Crippen molar-refractivity contribution in [2.75, 3.05) is 26.3 Å². The summed E-state index contributed by atoms with van der Waals surface area (Å²) in [5.74, 6) is -0.117. The van der Waals surface area contributed by atoms with Crippen molar-refractivity contribution in [2.24, 2.45) is 7.05 Å². The highest BCUT2D eigenvalue weighted by Crippen LogP contribution is 2.25. The van der Waals surface area contributed by atoms with E-state index in [9.17, 15) is 9.90 Å². The molecule has 0 unspecified atom stereocenters. The molecule has 6 nitrogen and oxygen atoms in total. The van der Waals surface area contributed by atoms with Crippen molar-refractivity contribution < 1.29 is 14.6 Å². The number of carbonyl (C=O) groups is 1. The second kappa shape index (κ2) is 6.17. The number of nitrogens with one attached hydrogen (secondary N) is 1. The van der Waals surface area contributed by atoms with Gasteiger partial charge < -0.3 is 19.7 Å². The van der Waals surface area contributed by atoms with E-state index in [0.717, 1.165) is 39.1 Å². The van der Waals surface area contributed by atoms with E-state index in [1.165, 1.54) is 0 Å². The quantitative estimate of drug-likeness (QED) is 0.822. The van der Waals surface area contributed by atoms with Crippen molar-refractivity contribution in [1.82, 2.24) is 14.8 Å². The molecule has 1 aliphatic carbocycles. The molecule has 0 bridgehead atoms. The highest BCUT2D eigenvalue weighted by molar-refractivity contribution is 5.92. The summed E-state index contributed by atoms with van der Waals surface area (Å²) >= 11 is 0. The van der Waals surface area contributed by atoms with Crippen LogP contribution in [0.3, 0.4) is 0 Å². The van der Waals surface area contributed by atoms with Crippen molar-refractivity contribution in [2.45, 2.75) is 31.0 Å². The zero-order valence-electron chi connectivity index (χ0n) is 12.4. The van der Waals surface area contributed by atoms with E-state index in [1.807, 2.05) is 19.3 Å². The molecular formula is C15H23N3O3. The van der Waals surface area contributed by atoms with Crippen LogP contribution in [-0.4, -0.2) is 65.0 Å². The number of nitrogens with zero attached hydrogens (tertiary/aromatic N) is 2. The van der Waals surface area contributed by atoms with E-state index in [2.05, 4.69) is 10.2 Å². The summed E-state index contributed by atoms with van der Waals surface area (Å²) in [4.78, 5) is 14.5. The smallest absolute Gasteiger partial charge is 0.268 e. The Hall–Kier alpha value is -1.37. The van der Waals surface area contributed by atoms with Crippen molar-refractivity contribution >= 4 is 5.91 Å². The van der Waals surface area contributed by atoms with Gasteiger partial charge in [-0.05, 0) is 25.0 Å². The summed E-state index contributed by atoms with van der Waals surface area (Å²) in [6.07, 6.45) is 3.07. The molecule has 0 spiro atoms. The van der Waals surface area contributed by atoms with E-state index < -0.39 is 6.10 Å². The van der Waals surface area contributed by atoms with Crippen LogP contribution in [0.15, 0.2) is 18.3 Å². The molecule has 6 heteroatoms. The predicted molar refractivity (Wildman–Crippen MR) is 78.1 cm³/mol. The molecule has 1 amide bonds. The van der Waals surface area contributed by atoms with Crippen LogP contribution in [0.4, 0.5) is 0 Å². The number of hydrogen-bond donors (Lipinski definition) is 2. The average Bonchev–Trinajstić information content (AvgIpc) is 3.07. The fourth-order valence-corrected chi connectivity index (χ4v) is 3.36. The lowest BCUT2D eigenvalue weighted by Gasteiger charge is -2.34. The molecule has 2 N–H and O–H groups in total. The number of aliphatic hydroxyl groups is 1. The Morgan fingerprint density at radius 2 is 2.14 bits per heavy atom. The Labute approximate surface area is 124 Å². The Kier molecular flexibility index (Phi) is 4.28. The fraction of sp³-hybridized carbons (Fsp3) is 0.667. The Morgan fingerprint density at radius 3 is 2.81 bits per heavy atom. The number of carbonyl (C=O) groups excluding carboxylic acids is 1. The van der Waals surface area contributed by atoms with Gasteiger partial charge >= 0.3 is 0 Å².